The first-order chi connectivity index (χ1) is 20.3. The molecular weight excluding hydrogens is 565 g/mol. The number of aryl methyl sites for hydroxylation is 1. The number of anilines is 1. The molecule has 11 nitrogen and oxygen atoms in total. The Bertz CT molecular complexity index is 1590. The lowest BCUT2D eigenvalue weighted by molar-refractivity contribution is -0.163. The second kappa shape index (κ2) is 11.0. The molecule has 6 rings (SSSR count). The summed E-state index contributed by atoms with van der Waals surface area (Å²) >= 11 is 0. The van der Waals surface area contributed by atoms with E-state index in [-0.39, 0.29) is 35.4 Å². The maximum Gasteiger partial charge on any atom is 0.401 e. The Morgan fingerprint density at radius 2 is 1.88 bits per heavy atom. The second-order valence-electron chi connectivity index (χ2n) is 12.9. The van der Waals surface area contributed by atoms with Crippen molar-refractivity contribution < 1.29 is 28.1 Å². The summed E-state index contributed by atoms with van der Waals surface area (Å²) in [4.78, 5) is 21.6. The fourth-order valence-electron chi connectivity index (χ4n) is 6.19. The van der Waals surface area contributed by atoms with Crippen LogP contribution in [0, 0.1) is 5.92 Å². The molecule has 1 aromatic carbocycles. The minimum Gasteiger partial charge on any atom is -0.387 e. The summed E-state index contributed by atoms with van der Waals surface area (Å²) in [6.07, 6.45) is -4.06. The number of aromatic amines is 1. The number of benzene rings is 1. The molecule has 4 heterocycles. The maximum absolute atomic E-state index is 13.6. The van der Waals surface area contributed by atoms with Crippen LogP contribution in [-0.4, -0.2) is 88.2 Å². The van der Waals surface area contributed by atoms with Crippen molar-refractivity contribution in [1.82, 2.24) is 34.4 Å². The summed E-state index contributed by atoms with van der Waals surface area (Å²) in [5, 5.41) is 21.5. The van der Waals surface area contributed by atoms with Crippen molar-refractivity contribution in [1.29, 1.82) is 0 Å². The summed E-state index contributed by atoms with van der Waals surface area (Å²) in [6, 6.07) is 5.93. The van der Waals surface area contributed by atoms with E-state index in [1.54, 1.807) is 0 Å². The Balaban J connectivity index is 1.08. The highest BCUT2D eigenvalue weighted by Gasteiger charge is 2.47. The van der Waals surface area contributed by atoms with Gasteiger partial charge in [0.2, 0.25) is 0 Å². The highest BCUT2D eigenvalue weighted by molar-refractivity contribution is 5.81. The molecule has 0 spiro atoms. The van der Waals surface area contributed by atoms with Gasteiger partial charge in [0.15, 0.2) is 17.7 Å². The molecule has 43 heavy (non-hydrogen) atoms. The van der Waals surface area contributed by atoms with Crippen molar-refractivity contribution in [3.05, 3.63) is 42.2 Å². The van der Waals surface area contributed by atoms with Gasteiger partial charge < -0.3 is 25.7 Å². The molecule has 4 atom stereocenters. The topological polar surface area (TPSA) is 151 Å². The molecule has 1 saturated heterocycles. The number of hydrogen-bond acceptors (Lipinski definition) is 9. The third-order valence-electron chi connectivity index (χ3n) is 8.71. The Morgan fingerprint density at radius 1 is 1.12 bits per heavy atom. The number of H-pyrrole nitrogens is 1. The van der Waals surface area contributed by atoms with Crippen molar-refractivity contribution in [2.24, 2.45) is 5.92 Å². The summed E-state index contributed by atoms with van der Waals surface area (Å²) in [5.41, 5.74) is 9.55. The number of rotatable bonds is 8. The summed E-state index contributed by atoms with van der Waals surface area (Å²) < 4.78 is 48.2. The molecule has 4 aromatic rings. The van der Waals surface area contributed by atoms with Crippen molar-refractivity contribution in [2.75, 3.05) is 18.8 Å². The van der Waals surface area contributed by atoms with Crippen LogP contribution in [0.1, 0.15) is 57.6 Å². The van der Waals surface area contributed by atoms with E-state index in [9.17, 15) is 23.4 Å². The van der Waals surface area contributed by atoms with E-state index in [2.05, 4.69) is 52.8 Å². The van der Waals surface area contributed by atoms with Gasteiger partial charge in [-0.3, -0.25) is 9.47 Å². The number of aliphatic hydroxyl groups excluding tert-OH is 2. The number of hydrogen-bond donors (Lipinski definition) is 4. The second-order valence-corrected chi connectivity index (χ2v) is 12.9. The summed E-state index contributed by atoms with van der Waals surface area (Å²) in [6.45, 7) is 5.16. The standard InChI is InChI=1S/C29H37F3N8O3/c1-28(2,3)16-5-6-18-19(10-16)38-21(37-18)7-4-15-8-17(9-15)39(12-29(30,31)32)11-20-23(41)24(42)27(43-20)40-14-36-22-25(33)34-13-35-26(22)40/h5-6,10,13-15,17,20,23-24,27,41-42H,4,7-9,11-12H2,1-3H3,(H,37,38)(H2,33,34,35)/t15-,17-,20-,23+,24+,27-/m1/s1. The highest BCUT2D eigenvalue weighted by atomic mass is 19.4. The van der Waals surface area contributed by atoms with Gasteiger partial charge in [0.25, 0.3) is 0 Å². The number of nitrogens with one attached hydrogen (secondary N) is 1. The average molecular weight is 603 g/mol. The number of ether oxygens (including phenoxy) is 1. The van der Waals surface area contributed by atoms with Gasteiger partial charge in [-0.2, -0.15) is 13.2 Å². The molecule has 232 valence electrons. The van der Waals surface area contributed by atoms with Gasteiger partial charge in [0, 0.05) is 19.0 Å². The van der Waals surface area contributed by atoms with Crippen LogP contribution < -0.4 is 5.73 Å². The normalized spacial score (nSPS) is 26.5. The largest absolute Gasteiger partial charge is 0.401 e. The minimum absolute atomic E-state index is 0.0203. The number of imidazole rings is 2. The number of halogens is 3. The molecule has 1 aliphatic carbocycles. The molecule has 2 fully saturated rings. The van der Waals surface area contributed by atoms with Gasteiger partial charge in [-0.05, 0) is 48.3 Å². The zero-order valence-corrected chi connectivity index (χ0v) is 24.3. The van der Waals surface area contributed by atoms with E-state index >= 15 is 0 Å². The van der Waals surface area contributed by atoms with Crippen LogP contribution in [-0.2, 0) is 16.6 Å². The molecule has 2 aliphatic rings. The third kappa shape index (κ3) is 6.06. The van der Waals surface area contributed by atoms with Crippen LogP contribution in [0.15, 0.2) is 30.9 Å². The van der Waals surface area contributed by atoms with E-state index in [0.29, 0.717) is 24.8 Å². The Labute approximate surface area is 246 Å². The van der Waals surface area contributed by atoms with Crippen LogP contribution in [0.4, 0.5) is 19.0 Å². The number of aliphatic hydroxyl groups is 2. The van der Waals surface area contributed by atoms with Crippen LogP contribution in [0.2, 0.25) is 0 Å². The van der Waals surface area contributed by atoms with E-state index in [0.717, 1.165) is 23.3 Å². The molecule has 0 amide bonds. The first kappa shape index (κ1) is 29.7. The minimum atomic E-state index is -4.43. The first-order valence-electron chi connectivity index (χ1n) is 14.5. The van der Waals surface area contributed by atoms with E-state index in [1.165, 1.54) is 27.7 Å². The quantitative estimate of drug-likeness (QED) is 0.238. The van der Waals surface area contributed by atoms with Crippen LogP contribution >= 0.6 is 0 Å². The molecule has 0 unspecified atom stereocenters. The number of alkyl halides is 3. The molecule has 14 heteroatoms. The Hall–Kier alpha value is -3.33. The van der Waals surface area contributed by atoms with Gasteiger partial charge in [-0.25, -0.2) is 19.9 Å². The lowest BCUT2D eigenvalue weighted by Gasteiger charge is -2.44. The fourth-order valence-corrected chi connectivity index (χ4v) is 6.19. The molecule has 0 bridgehead atoms. The van der Waals surface area contributed by atoms with Gasteiger partial charge in [0.05, 0.1) is 23.9 Å². The van der Waals surface area contributed by atoms with Gasteiger partial charge in [-0.15, -0.1) is 0 Å². The molecule has 1 saturated carbocycles. The van der Waals surface area contributed by atoms with Crippen molar-refractivity contribution in [2.45, 2.75) is 88.6 Å². The fraction of sp³-hybridized carbons (Fsp3) is 0.586. The van der Waals surface area contributed by atoms with E-state index in [4.69, 9.17) is 15.5 Å². The maximum atomic E-state index is 13.6. The third-order valence-corrected chi connectivity index (χ3v) is 8.71. The lowest BCUT2D eigenvalue weighted by atomic mass is 9.76. The number of nitrogens with two attached hydrogens (primary N) is 1. The first-order valence-corrected chi connectivity index (χ1v) is 14.5. The van der Waals surface area contributed by atoms with Crippen LogP contribution in [0.25, 0.3) is 22.2 Å². The molecule has 1 aliphatic heterocycles. The SMILES string of the molecule is CC(C)(C)c1ccc2[nH]c(CC[C@H]3C[C@H](N(C[C@H]4O[C@@H](n5cnc6c(N)ncnc65)[C@@H](O)[C@H]4O)CC(F)(F)F)C3)nc2c1. The predicted molar refractivity (Wildman–Crippen MR) is 153 cm³/mol. The number of nitrogens with zero attached hydrogens (tertiary/aromatic N) is 6. The van der Waals surface area contributed by atoms with Crippen LogP contribution in [0.5, 0.6) is 0 Å². The van der Waals surface area contributed by atoms with Gasteiger partial charge in [-0.1, -0.05) is 26.8 Å². The molecule has 0 radical (unpaired) electrons. The zero-order chi connectivity index (χ0) is 30.7. The predicted octanol–water partition coefficient (Wildman–Crippen LogP) is 3.48. The van der Waals surface area contributed by atoms with Crippen molar-refractivity contribution >= 4 is 28.0 Å². The van der Waals surface area contributed by atoms with Gasteiger partial charge in [0.1, 0.15) is 36.0 Å². The molecule has 3 aromatic heterocycles. The zero-order valence-electron chi connectivity index (χ0n) is 24.3. The number of aromatic nitrogens is 6. The average Bonchev–Trinajstić information content (AvgIpc) is 3.58. The van der Waals surface area contributed by atoms with Gasteiger partial charge >= 0.3 is 6.18 Å². The number of nitrogen functional groups attached to an aromatic ring is 1. The molecule has 5 N–H and O–H groups in total. The Morgan fingerprint density at radius 3 is 2.60 bits per heavy atom. The highest BCUT2D eigenvalue weighted by Crippen LogP contribution is 2.39. The summed E-state index contributed by atoms with van der Waals surface area (Å²) in [5.74, 6) is 1.27. The number of fused-ring (bicyclic) bond motifs is 2. The van der Waals surface area contributed by atoms with Crippen molar-refractivity contribution in [3.8, 4) is 0 Å². The summed E-state index contributed by atoms with van der Waals surface area (Å²) in [7, 11) is 0. The van der Waals surface area contributed by atoms with E-state index < -0.39 is 37.3 Å². The van der Waals surface area contributed by atoms with Crippen LogP contribution in [0.3, 0.4) is 0 Å². The monoisotopic (exact) mass is 602 g/mol. The molecular formula is C29H37F3N8O3. The lowest BCUT2D eigenvalue weighted by Crippen LogP contribution is -2.52. The smallest absolute Gasteiger partial charge is 0.387 e. The Kier molecular flexibility index (Phi) is 7.60. The van der Waals surface area contributed by atoms with Crippen molar-refractivity contribution in [3.63, 3.8) is 0 Å². The van der Waals surface area contributed by atoms with E-state index in [1.807, 2.05) is 6.07 Å².